The number of aromatic nitrogens is 2. The quantitative estimate of drug-likeness (QED) is 0.932. The molecule has 0 amide bonds. The van der Waals surface area contributed by atoms with E-state index in [1.807, 2.05) is 27.9 Å². The molecule has 0 aliphatic carbocycles. The van der Waals surface area contributed by atoms with Crippen molar-refractivity contribution in [2.24, 2.45) is 7.05 Å². The Kier molecular flexibility index (Phi) is 4.18. The van der Waals surface area contributed by atoms with Crippen molar-refractivity contribution in [2.75, 3.05) is 7.05 Å². The molecule has 0 spiro atoms. The summed E-state index contributed by atoms with van der Waals surface area (Å²) in [5, 5.41) is 7.54. The van der Waals surface area contributed by atoms with Crippen molar-refractivity contribution >= 4 is 0 Å². The number of hydrogen-bond acceptors (Lipinski definition) is 2. The molecule has 1 aromatic heterocycles. The van der Waals surface area contributed by atoms with Crippen molar-refractivity contribution in [3.63, 3.8) is 0 Å². The molecule has 1 atom stereocenters. The van der Waals surface area contributed by atoms with Gasteiger partial charge < -0.3 is 5.32 Å². The summed E-state index contributed by atoms with van der Waals surface area (Å²) in [6.45, 7) is 3.90. The third-order valence-corrected chi connectivity index (χ3v) is 3.69. The van der Waals surface area contributed by atoms with Gasteiger partial charge in [-0.2, -0.15) is 5.10 Å². The lowest BCUT2D eigenvalue weighted by Crippen LogP contribution is -2.21. The average molecular weight is 279 g/mol. The number of halogens is 2. The Labute approximate surface area is 117 Å². The molecule has 0 saturated heterocycles. The van der Waals surface area contributed by atoms with Crippen molar-refractivity contribution in [3.05, 3.63) is 52.3 Å². The fraction of sp³-hybridized carbons (Fsp3) is 0.400. The number of benzene rings is 1. The van der Waals surface area contributed by atoms with Crippen molar-refractivity contribution in [1.29, 1.82) is 0 Å². The van der Waals surface area contributed by atoms with Gasteiger partial charge in [0.1, 0.15) is 11.6 Å². The first-order valence-electron chi connectivity index (χ1n) is 6.55. The Morgan fingerprint density at radius 1 is 1.30 bits per heavy atom. The first-order chi connectivity index (χ1) is 9.43. The van der Waals surface area contributed by atoms with Crippen LogP contribution >= 0.6 is 0 Å². The Bertz CT molecular complexity index is 620. The average Bonchev–Trinajstić information content (AvgIpc) is 2.65. The molecule has 20 heavy (non-hydrogen) atoms. The van der Waals surface area contributed by atoms with Crippen molar-refractivity contribution < 1.29 is 8.78 Å². The molecule has 1 heterocycles. The number of nitrogens with one attached hydrogen (secondary N) is 1. The van der Waals surface area contributed by atoms with Crippen LogP contribution in [0.4, 0.5) is 8.78 Å². The highest BCUT2D eigenvalue weighted by molar-refractivity contribution is 5.31. The van der Waals surface area contributed by atoms with Crippen molar-refractivity contribution in [2.45, 2.75) is 26.3 Å². The van der Waals surface area contributed by atoms with E-state index in [4.69, 9.17) is 0 Å². The Morgan fingerprint density at radius 2 is 2.00 bits per heavy atom. The van der Waals surface area contributed by atoms with Crippen LogP contribution in [-0.4, -0.2) is 16.8 Å². The van der Waals surface area contributed by atoms with Gasteiger partial charge in [0.05, 0.1) is 5.69 Å². The molecule has 1 unspecified atom stereocenters. The van der Waals surface area contributed by atoms with E-state index >= 15 is 0 Å². The zero-order chi connectivity index (χ0) is 14.9. The molecule has 0 saturated carbocycles. The molecule has 1 aromatic carbocycles. The van der Waals surface area contributed by atoms with Gasteiger partial charge in [-0.05, 0) is 51.1 Å². The molecule has 3 nitrogen and oxygen atoms in total. The third-order valence-electron chi connectivity index (χ3n) is 3.69. The highest BCUT2D eigenvalue weighted by Crippen LogP contribution is 2.25. The van der Waals surface area contributed by atoms with Crippen LogP contribution in [0.2, 0.25) is 0 Å². The van der Waals surface area contributed by atoms with Crippen LogP contribution in [0.3, 0.4) is 0 Å². The topological polar surface area (TPSA) is 29.9 Å². The maximum atomic E-state index is 13.8. The molecular weight excluding hydrogens is 260 g/mol. The molecule has 2 aromatic rings. The summed E-state index contributed by atoms with van der Waals surface area (Å²) in [7, 11) is 3.69. The molecule has 0 bridgehead atoms. The number of likely N-dealkylation sites (N-methyl/N-ethyl adjacent to an activating group) is 1. The molecule has 0 aliphatic rings. The summed E-state index contributed by atoms with van der Waals surface area (Å²) >= 11 is 0. The summed E-state index contributed by atoms with van der Waals surface area (Å²) < 4.78 is 28.8. The van der Waals surface area contributed by atoms with Crippen LogP contribution in [-0.2, 0) is 13.5 Å². The van der Waals surface area contributed by atoms with Gasteiger partial charge in [-0.15, -0.1) is 0 Å². The zero-order valence-corrected chi connectivity index (χ0v) is 12.2. The zero-order valence-electron chi connectivity index (χ0n) is 12.2. The van der Waals surface area contributed by atoms with Crippen LogP contribution in [0.1, 0.15) is 28.6 Å². The lowest BCUT2D eigenvalue weighted by atomic mass is 9.97. The summed E-state index contributed by atoms with van der Waals surface area (Å²) in [6, 6.07) is 3.45. The summed E-state index contributed by atoms with van der Waals surface area (Å²) in [6.07, 6.45) is 0.382. The molecule has 2 rings (SSSR count). The van der Waals surface area contributed by atoms with Crippen LogP contribution in [0.25, 0.3) is 0 Å². The van der Waals surface area contributed by atoms with Crippen LogP contribution in [0, 0.1) is 25.5 Å². The van der Waals surface area contributed by atoms with Crippen LogP contribution in [0.5, 0.6) is 0 Å². The fourth-order valence-electron chi connectivity index (χ4n) is 2.56. The summed E-state index contributed by atoms with van der Waals surface area (Å²) in [5.74, 6) is -0.804. The van der Waals surface area contributed by atoms with E-state index in [9.17, 15) is 8.78 Å². The maximum Gasteiger partial charge on any atom is 0.126 e. The van der Waals surface area contributed by atoms with E-state index < -0.39 is 5.82 Å². The Hall–Kier alpha value is -1.75. The normalized spacial score (nSPS) is 12.7. The van der Waals surface area contributed by atoms with Gasteiger partial charge in [0.25, 0.3) is 0 Å². The lowest BCUT2D eigenvalue weighted by molar-refractivity contribution is 0.540. The monoisotopic (exact) mass is 279 g/mol. The standard InChI is InChI=1S/C15H19F2N3/c1-9-15(10(2)20(4)19-9)14(18-3)8-11-7-12(16)5-6-13(11)17/h5-7,14,18H,8H2,1-4H3. The van der Waals surface area contributed by atoms with E-state index in [0.29, 0.717) is 12.0 Å². The van der Waals surface area contributed by atoms with Gasteiger partial charge in [0.2, 0.25) is 0 Å². The highest BCUT2D eigenvalue weighted by Gasteiger charge is 2.20. The SMILES string of the molecule is CNC(Cc1cc(F)ccc1F)c1c(C)nn(C)c1C. The maximum absolute atomic E-state index is 13.8. The minimum atomic E-state index is -0.420. The number of hydrogen-bond donors (Lipinski definition) is 1. The Balaban J connectivity index is 2.36. The van der Waals surface area contributed by atoms with E-state index in [0.717, 1.165) is 23.0 Å². The van der Waals surface area contributed by atoms with Gasteiger partial charge in [-0.1, -0.05) is 0 Å². The van der Waals surface area contributed by atoms with Gasteiger partial charge in [-0.3, -0.25) is 4.68 Å². The predicted octanol–water partition coefficient (Wildman–Crippen LogP) is 2.82. The van der Waals surface area contributed by atoms with Crippen LogP contribution in [0.15, 0.2) is 18.2 Å². The van der Waals surface area contributed by atoms with Crippen molar-refractivity contribution in [3.8, 4) is 0 Å². The minimum Gasteiger partial charge on any atom is -0.313 e. The first kappa shape index (κ1) is 14.7. The van der Waals surface area contributed by atoms with E-state index in [-0.39, 0.29) is 11.9 Å². The second-order valence-electron chi connectivity index (χ2n) is 4.99. The van der Waals surface area contributed by atoms with E-state index in [1.165, 1.54) is 12.1 Å². The van der Waals surface area contributed by atoms with E-state index in [1.54, 1.807) is 4.68 Å². The molecule has 0 aliphatic heterocycles. The molecule has 5 heteroatoms. The second-order valence-corrected chi connectivity index (χ2v) is 4.99. The minimum absolute atomic E-state index is 0.0972. The molecule has 0 radical (unpaired) electrons. The molecule has 0 fully saturated rings. The fourth-order valence-corrected chi connectivity index (χ4v) is 2.56. The Morgan fingerprint density at radius 3 is 2.55 bits per heavy atom. The van der Waals surface area contributed by atoms with Crippen molar-refractivity contribution in [1.82, 2.24) is 15.1 Å². The second kappa shape index (κ2) is 5.71. The summed E-state index contributed by atoms with van der Waals surface area (Å²) in [4.78, 5) is 0. The highest BCUT2D eigenvalue weighted by atomic mass is 19.1. The number of aryl methyl sites for hydroxylation is 2. The lowest BCUT2D eigenvalue weighted by Gasteiger charge is -2.17. The van der Waals surface area contributed by atoms with Crippen LogP contribution < -0.4 is 5.32 Å². The molecule has 108 valence electrons. The van der Waals surface area contributed by atoms with Gasteiger partial charge >= 0.3 is 0 Å². The molecular formula is C15H19F2N3. The van der Waals surface area contributed by atoms with Gasteiger partial charge in [0.15, 0.2) is 0 Å². The number of nitrogens with zero attached hydrogens (tertiary/aromatic N) is 2. The van der Waals surface area contributed by atoms with E-state index in [2.05, 4.69) is 10.4 Å². The first-order valence-corrected chi connectivity index (χ1v) is 6.55. The largest absolute Gasteiger partial charge is 0.313 e. The predicted molar refractivity (Wildman–Crippen MR) is 74.5 cm³/mol. The van der Waals surface area contributed by atoms with Gasteiger partial charge in [0, 0.05) is 24.3 Å². The summed E-state index contributed by atoms with van der Waals surface area (Å²) in [5.41, 5.74) is 3.34. The van der Waals surface area contributed by atoms with Gasteiger partial charge in [-0.25, -0.2) is 8.78 Å². The third kappa shape index (κ3) is 2.72. The smallest absolute Gasteiger partial charge is 0.126 e. The number of rotatable bonds is 4. The molecule has 1 N–H and O–H groups in total.